The second-order valence-corrected chi connectivity index (χ2v) is 5.99. The molecule has 0 aliphatic rings. The van der Waals surface area contributed by atoms with Crippen molar-refractivity contribution in [1.29, 1.82) is 0 Å². The molecule has 2 N–H and O–H groups in total. The van der Waals surface area contributed by atoms with E-state index in [4.69, 9.17) is 0 Å². The molecule has 0 aliphatic heterocycles. The van der Waals surface area contributed by atoms with Crippen molar-refractivity contribution in [3.63, 3.8) is 0 Å². The molecule has 0 bridgehead atoms. The summed E-state index contributed by atoms with van der Waals surface area (Å²) in [6.45, 7) is 0.591. The monoisotopic (exact) mass is 349 g/mol. The molecule has 26 heavy (non-hydrogen) atoms. The first kappa shape index (κ1) is 17.4. The minimum atomic E-state index is -1.06. The lowest BCUT2D eigenvalue weighted by Gasteiger charge is -2.15. The third-order valence-corrected chi connectivity index (χ3v) is 4.00. The van der Waals surface area contributed by atoms with Gasteiger partial charge in [-0.05, 0) is 23.3 Å². The summed E-state index contributed by atoms with van der Waals surface area (Å²) in [7, 11) is 0. The number of nitrogens with zero attached hydrogens (tertiary/aromatic N) is 2. The molecule has 1 heterocycles. The lowest BCUT2D eigenvalue weighted by molar-refractivity contribution is -0.139. The van der Waals surface area contributed by atoms with Crippen LogP contribution in [0.5, 0.6) is 0 Å². The number of imidazole rings is 1. The van der Waals surface area contributed by atoms with Gasteiger partial charge in [-0.15, -0.1) is 0 Å². The molecule has 6 nitrogen and oxygen atoms in total. The largest absolute Gasteiger partial charge is 0.480 e. The highest BCUT2D eigenvalue weighted by Crippen LogP contribution is 2.09. The molecule has 3 rings (SSSR count). The average molecular weight is 349 g/mol. The Hall–Kier alpha value is -3.41. The van der Waals surface area contributed by atoms with Gasteiger partial charge in [0.15, 0.2) is 0 Å². The summed E-state index contributed by atoms with van der Waals surface area (Å²) in [5.41, 5.74) is 2.22. The lowest BCUT2D eigenvalue weighted by atomic mass is 10.0. The third-order valence-electron chi connectivity index (χ3n) is 4.00. The number of aliphatic carboxylic acids is 1. The maximum Gasteiger partial charge on any atom is 0.326 e. The number of carbonyl (C=O) groups is 2. The molecule has 0 fully saturated rings. The van der Waals surface area contributed by atoms with Gasteiger partial charge in [0.05, 0.1) is 6.33 Å². The van der Waals surface area contributed by atoms with Crippen molar-refractivity contribution in [3.8, 4) is 0 Å². The number of hydrogen-bond acceptors (Lipinski definition) is 3. The van der Waals surface area contributed by atoms with E-state index in [1.807, 2.05) is 47.2 Å². The van der Waals surface area contributed by atoms with E-state index in [9.17, 15) is 14.7 Å². The van der Waals surface area contributed by atoms with Crippen LogP contribution in [0.3, 0.4) is 0 Å². The molecule has 0 saturated carbocycles. The predicted molar refractivity (Wildman–Crippen MR) is 96.8 cm³/mol. The van der Waals surface area contributed by atoms with E-state index in [0.717, 1.165) is 11.1 Å². The fourth-order valence-corrected chi connectivity index (χ4v) is 2.69. The number of aromatic nitrogens is 2. The van der Waals surface area contributed by atoms with Crippen molar-refractivity contribution < 1.29 is 14.7 Å². The Balaban J connectivity index is 1.70. The van der Waals surface area contributed by atoms with Crippen LogP contribution in [0.15, 0.2) is 73.3 Å². The summed E-state index contributed by atoms with van der Waals surface area (Å²) in [4.78, 5) is 28.0. The molecule has 132 valence electrons. The molecule has 0 unspecified atom stereocenters. The number of benzene rings is 2. The van der Waals surface area contributed by atoms with Crippen molar-refractivity contribution in [2.45, 2.75) is 19.0 Å². The third kappa shape index (κ3) is 4.57. The summed E-state index contributed by atoms with van der Waals surface area (Å²) < 4.78 is 1.90. The van der Waals surface area contributed by atoms with Crippen LogP contribution in [0.2, 0.25) is 0 Å². The molecule has 0 spiro atoms. The topological polar surface area (TPSA) is 84.2 Å². The minimum Gasteiger partial charge on any atom is -0.480 e. The zero-order valence-corrected chi connectivity index (χ0v) is 14.1. The van der Waals surface area contributed by atoms with Gasteiger partial charge in [0.25, 0.3) is 5.91 Å². The van der Waals surface area contributed by atoms with Gasteiger partial charge in [-0.1, -0.05) is 42.5 Å². The number of rotatable bonds is 7. The van der Waals surface area contributed by atoms with Gasteiger partial charge in [-0.2, -0.15) is 0 Å². The number of amides is 1. The van der Waals surface area contributed by atoms with Crippen LogP contribution in [0.4, 0.5) is 0 Å². The fourth-order valence-electron chi connectivity index (χ4n) is 2.69. The standard InChI is InChI=1S/C20H19N3O3/c24-19(22-18(20(25)26)12-15-5-2-1-3-6-15)17-8-4-7-16(11-17)13-23-10-9-21-14-23/h1-11,14,18H,12-13H2,(H,22,24)(H,25,26)/t18-/m0/s1. The predicted octanol–water partition coefficient (Wildman–Crippen LogP) is 2.36. The normalized spacial score (nSPS) is 11.7. The second kappa shape index (κ2) is 8.11. The molecule has 1 amide bonds. The first-order chi connectivity index (χ1) is 12.6. The lowest BCUT2D eigenvalue weighted by Crippen LogP contribution is -2.42. The van der Waals surface area contributed by atoms with E-state index < -0.39 is 17.9 Å². The first-order valence-electron chi connectivity index (χ1n) is 8.24. The Kier molecular flexibility index (Phi) is 5.43. The van der Waals surface area contributed by atoms with E-state index in [0.29, 0.717) is 12.1 Å². The average Bonchev–Trinajstić information content (AvgIpc) is 3.15. The number of hydrogen-bond donors (Lipinski definition) is 2. The van der Waals surface area contributed by atoms with Crippen LogP contribution in [0.25, 0.3) is 0 Å². The quantitative estimate of drug-likeness (QED) is 0.686. The number of carboxylic acid groups (broad SMARTS) is 1. The first-order valence-corrected chi connectivity index (χ1v) is 8.24. The maximum atomic E-state index is 12.5. The van der Waals surface area contributed by atoms with E-state index in [-0.39, 0.29) is 6.42 Å². The molecule has 0 aliphatic carbocycles. The van der Waals surface area contributed by atoms with Crippen molar-refractivity contribution >= 4 is 11.9 Å². The molecule has 0 saturated heterocycles. The Bertz CT molecular complexity index is 876. The SMILES string of the molecule is O=C(N[C@@H](Cc1ccccc1)C(=O)O)c1cccc(Cn2ccnc2)c1. The van der Waals surface area contributed by atoms with Crippen LogP contribution in [-0.4, -0.2) is 32.6 Å². The maximum absolute atomic E-state index is 12.5. The van der Waals surface area contributed by atoms with Crippen LogP contribution in [0, 0.1) is 0 Å². The Morgan fingerprint density at radius 2 is 1.85 bits per heavy atom. The van der Waals surface area contributed by atoms with Gasteiger partial charge in [0, 0.05) is 30.9 Å². The van der Waals surface area contributed by atoms with Gasteiger partial charge in [-0.25, -0.2) is 9.78 Å². The minimum absolute atomic E-state index is 0.233. The van der Waals surface area contributed by atoms with Gasteiger partial charge in [0.1, 0.15) is 6.04 Å². The number of carboxylic acids is 1. The summed E-state index contributed by atoms with van der Waals surface area (Å²) in [6, 6.07) is 15.4. The van der Waals surface area contributed by atoms with Crippen LogP contribution < -0.4 is 5.32 Å². The van der Waals surface area contributed by atoms with E-state index in [1.54, 1.807) is 30.7 Å². The molecule has 6 heteroatoms. The van der Waals surface area contributed by atoms with Crippen molar-refractivity contribution in [2.24, 2.45) is 0 Å². The van der Waals surface area contributed by atoms with E-state index in [1.165, 1.54) is 0 Å². The molecule has 0 radical (unpaired) electrons. The highest BCUT2D eigenvalue weighted by molar-refractivity contribution is 5.96. The smallest absolute Gasteiger partial charge is 0.326 e. The van der Waals surface area contributed by atoms with E-state index >= 15 is 0 Å². The van der Waals surface area contributed by atoms with E-state index in [2.05, 4.69) is 10.3 Å². The summed E-state index contributed by atoms with van der Waals surface area (Å²) >= 11 is 0. The molecule has 1 aromatic heterocycles. The second-order valence-electron chi connectivity index (χ2n) is 5.99. The molecular formula is C20H19N3O3. The number of carbonyl (C=O) groups excluding carboxylic acids is 1. The highest BCUT2D eigenvalue weighted by atomic mass is 16.4. The van der Waals surface area contributed by atoms with Crippen molar-refractivity contribution in [2.75, 3.05) is 0 Å². The Morgan fingerprint density at radius 1 is 1.08 bits per heavy atom. The van der Waals surface area contributed by atoms with Gasteiger partial charge in [0.2, 0.25) is 0 Å². The van der Waals surface area contributed by atoms with Crippen LogP contribution in [-0.2, 0) is 17.8 Å². The van der Waals surface area contributed by atoms with Crippen LogP contribution in [0.1, 0.15) is 21.5 Å². The molecule has 3 aromatic rings. The Morgan fingerprint density at radius 3 is 2.54 bits per heavy atom. The molecular weight excluding hydrogens is 330 g/mol. The van der Waals surface area contributed by atoms with Crippen molar-refractivity contribution in [1.82, 2.24) is 14.9 Å². The Labute approximate surface area is 151 Å². The van der Waals surface area contributed by atoms with Gasteiger partial charge < -0.3 is 15.0 Å². The summed E-state index contributed by atoms with van der Waals surface area (Å²) in [5, 5.41) is 12.0. The van der Waals surface area contributed by atoms with Gasteiger partial charge >= 0.3 is 5.97 Å². The number of nitrogens with one attached hydrogen (secondary N) is 1. The van der Waals surface area contributed by atoms with Crippen molar-refractivity contribution in [3.05, 3.63) is 90.0 Å². The summed E-state index contributed by atoms with van der Waals surface area (Å²) in [6.07, 6.45) is 5.47. The summed E-state index contributed by atoms with van der Waals surface area (Å²) in [5.74, 6) is -1.46. The van der Waals surface area contributed by atoms with Crippen LogP contribution >= 0.6 is 0 Å². The highest BCUT2D eigenvalue weighted by Gasteiger charge is 2.21. The fraction of sp³-hybridized carbons (Fsp3) is 0.150. The molecule has 2 aromatic carbocycles. The zero-order valence-electron chi connectivity index (χ0n) is 14.1. The zero-order chi connectivity index (χ0) is 18.4. The van der Waals surface area contributed by atoms with Gasteiger partial charge in [-0.3, -0.25) is 4.79 Å². The molecule has 1 atom stereocenters.